The number of nitrogens with zero attached hydrogens (tertiary/aromatic N) is 1. The van der Waals surface area contributed by atoms with E-state index in [9.17, 15) is 23.1 Å². The van der Waals surface area contributed by atoms with Gasteiger partial charge in [-0.25, -0.2) is 0 Å². The van der Waals surface area contributed by atoms with Crippen LogP contribution in [-0.4, -0.2) is 30.0 Å². The lowest BCUT2D eigenvalue weighted by Gasteiger charge is -2.18. The van der Waals surface area contributed by atoms with E-state index in [1.54, 1.807) is 0 Å². The van der Waals surface area contributed by atoms with Gasteiger partial charge in [0.2, 0.25) is 5.91 Å². The van der Waals surface area contributed by atoms with E-state index in [0.29, 0.717) is 5.69 Å². The second-order valence-corrected chi connectivity index (χ2v) is 4.88. The molecule has 4 nitrogen and oxygen atoms in total. The minimum atomic E-state index is -4.76. The van der Waals surface area contributed by atoms with Gasteiger partial charge in [0.05, 0.1) is 24.8 Å². The van der Waals surface area contributed by atoms with E-state index >= 15 is 0 Å². The minimum Gasteiger partial charge on any atom is -0.406 e. The van der Waals surface area contributed by atoms with E-state index in [4.69, 9.17) is 0 Å². The van der Waals surface area contributed by atoms with E-state index in [0.717, 1.165) is 12.1 Å². The summed E-state index contributed by atoms with van der Waals surface area (Å²) >= 11 is 3.09. The summed E-state index contributed by atoms with van der Waals surface area (Å²) in [6.45, 7) is 0.122. The normalized spacial score (nSPS) is 19.9. The van der Waals surface area contributed by atoms with Crippen molar-refractivity contribution in [2.24, 2.45) is 0 Å². The van der Waals surface area contributed by atoms with E-state index in [1.165, 1.54) is 11.0 Å². The molecule has 1 aliphatic heterocycles. The van der Waals surface area contributed by atoms with Gasteiger partial charge in [0.1, 0.15) is 5.75 Å². The second-order valence-electron chi connectivity index (χ2n) is 4.02. The molecule has 19 heavy (non-hydrogen) atoms. The van der Waals surface area contributed by atoms with Crippen LogP contribution in [0.3, 0.4) is 0 Å². The topological polar surface area (TPSA) is 49.8 Å². The lowest BCUT2D eigenvalue weighted by atomic mass is 10.3. The van der Waals surface area contributed by atoms with Gasteiger partial charge in [0.15, 0.2) is 0 Å². The molecule has 1 aliphatic rings. The molecule has 1 amide bonds. The molecular formula is C11H9BrF3NO3. The molecule has 1 saturated heterocycles. The second kappa shape index (κ2) is 5.01. The number of amides is 1. The molecule has 1 aromatic rings. The Kier molecular flexibility index (Phi) is 3.73. The fraction of sp³-hybridized carbons (Fsp3) is 0.364. The van der Waals surface area contributed by atoms with Crippen molar-refractivity contribution in [3.63, 3.8) is 0 Å². The summed E-state index contributed by atoms with van der Waals surface area (Å²) in [5, 5.41) is 9.38. The van der Waals surface area contributed by atoms with Crippen molar-refractivity contribution < 1.29 is 27.8 Å². The first kappa shape index (κ1) is 14.1. The number of rotatable bonds is 2. The molecule has 1 aromatic carbocycles. The van der Waals surface area contributed by atoms with Crippen LogP contribution in [0.4, 0.5) is 18.9 Å². The lowest BCUT2D eigenvalue weighted by molar-refractivity contribution is -0.274. The van der Waals surface area contributed by atoms with Gasteiger partial charge in [0, 0.05) is 4.47 Å². The summed E-state index contributed by atoms with van der Waals surface area (Å²) in [5.74, 6) is -0.659. The molecule has 1 fully saturated rings. The maximum atomic E-state index is 12.1. The van der Waals surface area contributed by atoms with Crippen LogP contribution >= 0.6 is 15.9 Å². The smallest absolute Gasteiger partial charge is 0.406 e. The average Bonchev–Trinajstić information content (AvgIpc) is 2.55. The SMILES string of the molecule is O=C1CC(O)CN1c1ccc(OC(F)(F)F)cc1Br. The van der Waals surface area contributed by atoms with Crippen molar-refractivity contribution in [3.8, 4) is 5.75 Å². The predicted octanol–water partition coefficient (Wildman–Crippen LogP) is 2.45. The number of carbonyl (C=O) groups is 1. The Morgan fingerprint density at radius 2 is 2.11 bits per heavy atom. The van der Waals surface area contributed by atoms with Crippen molar-refractivity contribution in [3.05, 3.63) is 22.7 Å². The molecule has 8 heteroatoms. The van der Waals surface area contributed by atoms with Crippen molar-refractivity contribution in [1.29, 1.82) is 0 Å². The summed E-state index contributed by atoms with van der Waals surface area (Å²) in [7, 11) is 0. The van der Waals surface area contributed by atoms with Crippen LogP contribution in [0.5, 0.6) is 5.75 Å². The first-order valence-electron chi connectivity index (χ1n) is 5.30. The molecule has 0 radical (unpaired) electrons. The summed E-state index contributed by atoms with van der Waals surface area (Å²) in [5.41, 5.74) is 0.399. The number of anilines is 1. The van der Waals surface area contributed by atoms with E-state index in [2.05, 4.69) is 20.7 Å². The van der Waals surface area contributed by atoms with Crippen molar-refractivity contribution >= 4 is 27.5 Å². The molecule has 0 aliphatic carbocycles. The Hall–Kier alpha value is -1.28. The number of carbonyl (C=O) groups excluding carboxylic acids is 1. The third-order valence-electron chi connectivity index (χ3n) is 2.55. The van der Waals surface area contributed by atoms with E-state index in [1.807, 2.05) is 0 Å². The molecule has 1 atom stereocenters. The van der Waals surface area contributed by atoms with Crippen LogP contribution in [0.25, 0.3) is 0 Å². The molecule has 104 valence electrons. The molecule has 0 bridgehead atoms. The molecule has 0 saturated carbocycles. The molecule has 0 spiro atoms. The van der Waals surface area contributed by atoms with Gasteiger partial charge in [-0.15, -0.1) is 13.2 Å². The first-order chi connectivity index (χ1) is 8.76. The van der Waals surface area contributed by atoms with Crippen LogP contribution in [0.15, 0.2) is 22.7 Å². The maximum absolute atomic E-state index is 12.1. The lowest BCUT2D eigenvalue weighted by Crippen LogP contribution is -2.25. The average molecular weight is 340 g/mol. The minimum absolute atomic E-state index is 0.00719. The Labute approximate surface area is 114 Å². The number of β-amino-alcohol motifs (C(OH)–C–C–N with tert-alkyl or cyclic N) is 1. The zero-order valence-corrected chi connectivity index (χ0v) is 11.0. The fourth-order valence-corrected chi connectivity index (χ4v) is 2.40. The predicted molar refractivity (Wildman–Crippen MR) is 63.8 cm³/mol. The Morgan fingerprint density at radius 1 is 1.42 bits per heavy atom. The number of hydrogen-bond donors (Lipinski definition) is 1. The Bertz CT molecular complexity index is 506. The van der Waals surface area contributed by atoms with E-state index < -0.39 is 12.5 Å². The highest BCUT2D eigenvalue weighted by Gasteiger charge is 2.33. The van der Waals surface area contributed by atoms with Gasteiger partial charge in [-0.1, -0.05) is 0 Å². The highest BCUT2D eigenvalue weighted by atomic mass is 79.9. The van der Waals surface area contributed by atoms with Crippen molar-refractivity contribution in [1.82, 2.24) is 0 Å². The fourth-order valence-electron chi connectivity index (χ4n) is 1.83. The highest BCUT2D eigenvalue weighted by molar-refractivity contribution is 9.10. The number of alkyl halides is 3. The molecule has 0 aromatic heterocycles. The monoisotopic (exact) mass is 339 g/mol. The largest absolute Gasteiger partial charge is 0.573 e. The molecule has 1 unspecified atom stereocenters. The standard InChI is InChI=1S/C11H9BrF3NO3/c12-8-4-7(19-11(13,14)15)1-2-9(8)16-5-6(17)3-10(16)18/h1-2,4,6,17H,3,5H2. The molecular weight excluding hydrogens is 331 g/mol. The highest BCUT2D eigenvalue weighted by Crippen LogP contribution is 2.34. The Morgan fingerprint density at radius 3 is 2.58 bits per heavy atom. The van der Waals surface area contributed by atoms with Crippen LogP contribution in [0.1, 0.15) is 6.42 Å². The van der Waals surface area contributed by atoms with Crippen molar-refractivity contribution in [2.45, 2.75) is 18.9 Å². The summed E-state index contributed by atoms with van der Waals surface area (Å²) in [6, 6.07) is 3.58. The zero-order chi connectivity index (χ0) is 14.2. The van der Waals surface area contributed by atoms with Crippen LogP contribution < -0.4 is 9.64 Å². The van der Waals surface area contributed by atoms with Gasteiger partial charge < -0.3 is 14.7 Å². The third-order valence-corrected chi connectivity index (χ3v) is 3.18. The zero-order valence-electron chi connectivity index (χ0n) is 9.45. The van der Waals surface area contributed by atoms with Gasteiger partial charge >= 0.3 is 6.36 Å². The number of hydrogen-bond acceptors (Lipinski definition) is 3. The molecule has 1 heterocycles. The number of aliphatic hydroxyl groups excluding tert-OH is 1. The van der Waals surface area contributed by atoms with E-state index in [-0.39, 0.29) is 29.1 Å². The summed E-state index contributed by atoms with van der Waals surface area (Å²) in [6.07, 6.45) is -5.51. The number of halogens is 4. The maximum Gasteiger partial charge on any atom is 0.573 e. The molecule has 2 rings (SSSR count). The third kappa shape index (κ3) is 3.38. The quantitative estimate of drug-likeness (QED) is 0.900. The number of benzene rings is 1. The summed E-state index contributed by atoms with van der Waals surface area (Å²) in [4.78, 5) is 12.9. The molecule has 1 N–H and O–H groups in total. The van der Waals surface area contributed by atoms with Gasteiger partial charge in [0.25, 0.3) is 0 Å². The van der Waals surface area contributed by atoms with Gasteiger partial charge in [-0.2, -0.15) is 0 Å². The number of aliphatic hydroxyl groups is 1. The number of ether oxygens (including phenoxy) is 1. The first-order valence-corrected chi connectivity index (χ1v) is 6.09. The van der Waals surface area contributed by atoms with Gasteiger partial charge in [-0.05, 0) is 34.1 Å². The van der Waals surface area contributed by atoms with Crippen LogP contribution in [0.2, 0.25) is 0 Å². The van der Waals surface area contributed by atoms with Gasteiger partial charge in [-0.3, -0.25) is 4.79 Å². The Balaban J connectivity index is 2.22. The van der Waals surface area contributed by atoms with Crippen LogP contribution in [-0.2, 0) is 4.79 Å². The van der Waals surface area contributed by atoms with Crippen LogP contribution in [0, 0.1) is 0 Å². The van der Waals surface area contributed by atoms with Crippen molar-refractivity contribution in [2.75, 3.05) is 11.4 Å². The summed E-state index contributed by atoms with van der Waals surface area (Å²) < 4.78 is 40.2.